The van der Waals surface area contributed by atoms with E-state index in [-0.39, 0.29) is 23.5 Å². The molecular weight excluding hydrogens is 444 g/mol. The molecule has 0 aliphatic heterocycles. The second kappa shape index (κ2) is 10.2. The standard InChI is InChI=1S/C28H20N2O5/c29-16-21(27(32)30-22-10-12-23(31)13-11-22)15-25-24-4-2-1-3-19(24)9-14-26(25)35-17-18-5-7-20(8-6-18)28(33)34/h1-15,31H,17H2,(H,30,32)(H,33,34). The number of nitriles is 1. The Balaban J connectivity index is 1.66. The summed E-state index contributed by atoms with van der Waals surface area (Å²) >= 11 is 0. The number of nitrogens with one attached hydrogen (secondary N) is 1. The average molecular weight is 464 g/mol. The summed E-state index contributed by atoms with van der Waals surface area (Å²) in [5.74, 6) is -1.07. The molecule has 0 atom stereocenters. The number of phenols is 1. The SMILES string of the molecule is N#CC(=Cc1c(OCc2ccc(C(=O)O)cc2)ccc2ccccc12)C(=O)Nc1ccc(O)cc1. The van der Waals surface area contributed by atoms with E-state index in [2.05, 4.69) is 5.32 Å². The number of carbonyl (C=O) groups excluding carboxylic acids is 1. The molecule has 4 aromatic carbocycles. The van der Waals surface area contributed by atoms with Crippen LogP contribution in [-0.2, 0) is 11.4 Å². The Bertz CT molecular complexity index is 1470. The Morgan fingerprint density at radius 3 is 2.34 bits per heavy atom. The molecule has 0 bridgehead atoms. The quantitative estimate of drug-likeness (QED) is 0.192. The van der Waals surface area contributed by atoms with Gasteiger partial charge in [0.15, 0.2) is 0 Å². The summed E-state index contributed by atoms with van der Waals surface area (Å²) in [6.45, 7) is 0.167. The van der Waals surface area contributed by atoms with E-state index in [0.29, 0.717) is 17.0 Å². The summed E-state index contributed by atoms with van der Waals surface area (Å²) in [6, 6.07) is 25.4. The average Bonchev–Trinajstić information content (AvgIpc) is 2.87. The van der Waals surface area contributed by atoms with Crippen molar-refractivity contribution in [2.24, 2.45) is 0 Å². The van der Waals surface area contributed by atoms with Crippen LogP contribution in [0.1, 0.15) is 21.5 Å². The third-order valence-electron chi connectivity index (χ3n) is 5.30. The Hall–Kier alpha value is -5.09. The van der Waals surface area contributed by atoms with Gasteiger partial charge in [-0.1, -0.05) is 42.5 Å². The van der Waals surface area contributed by atoms with Crippen LogP contribution in [0, 0.1) is 11.3 Å². The van der Waals surface area contributed by atoms with E-state index < -0.39 is 11.9 Å². The third kappa shape index (κ3) is 5.46. The van der Waals surface area contributed by atoms with Gasteiger partial charge in [-0.3, -0.25) is 4.79 Å². The molecule has 0 saturated carbocycles. The molecule has 35 heavy (non-hydrogen) atoms. The summed E-state index contributed by atoms with van der Waals surface area (Å²) in [4.78, 5) is 23.9. The maximum absolute atomic E-state index is 12.8. The third-order valence-corrected chi connectivity index (χ3v) is 5.30. The van der Waals surface area contributed by atoms with Crippen LogP contribution in [0.25, 0.3) is 16.8 Å². The molecule has 0 heterocycles. The summed E-state index contributed by atoms with van der Waals surface area (Å²) in [7, 11) is 0. The molecule has 0 fully saturated rings. The van der Waals surface area contributed by atoms with Crippen LogP contribution in [0.15, 0.2) is 90.5 Å². The molecule has 172 valence electrons. The van der Waals surface area contributed by atoms with Crippen molar-refractivity contribution in [2.75, 3.05) is 5.32 Å². The van der Waals surface area contributed by atoms with E-state index in [1.54, 1.807) is 18.2 Å². The fourth-order valence-corrected chi connectivity index (χ4v) is 3.49. The number of hydrogen-bond donors (Lipinski definition) is 3. The summed E-state index contributed by atoms with van der Waals surface area (Å²) < 4.78 is 6.03. The fraction of sp³-hybridized carbons (Fsp3) is 0.0357. The Morgan fingerprint density at radius 1 is 0.943 bits per heavy atom. The first kappa shape index (κ1) is 23.1. The van der Waals surface area contributed by atoms with Crippen molar-refractivity contribution < 1.29 is 24.5 Å². The van der Waals surface area contributed by atoms with E-state index in [9.17, 15) is 20.0 Å². The first-order valence-corrected chi connectivity index (χ1v) is 10.6. The molecule has 0 radical (unpaired) electrons. The Morgan fingerprint density at radius 2 is 1.66 bits per heavy atom. The highest BCUT2D eigenvalue weighted by atomic mass is 16.5. The molecule has 7 nitrogen and oxygen atoms in total. The van der Waals surface area contributed by atoms with Gasteiger partial charge in [0, 0.05) is 11.3 Å². The first-order chi connectivity index (χ1) is 16.9. The lowest BCUT2D eigenvalue weighted by atomic mass is 10.0. The van der Waals surface area contributed by atoms with Crippen molar-refractivity contribution in [3.05, 3.63) is 107 Å². The lowest BCUT2D eigenvalue weighted by Gasteiger charge is -2.13. The second-order valence-electron chi connectivity index (χ2n) is 7.66. The van der Waals surface area contributed by atoms with Crippen molar-refractivity contribution in [3.8, 4) is 17.6 Å². The van der Waals surface area contributed by atoms with Crippen LogP contribution in [0.3, 0.4) is 0 Å². The molecule has 0 aliphatic rings. The summed E-state index contributed by atoms with van der Waals surface area (Å²) in [6.07, 6.45) is 1.49. The number of amides is 1. The van der Waals surface area contributed by atoms with Gasteiger partial charge in [-0.05, 0) is 64.9 Å². The smallest absolute Gasteiger partial charge is 0.335 e. The molecule has 0 spiro atoms. The van der Waals surface area contributed by atoms with E-state index in [0.717, 1.165) is 16.3 Å². The number of aromatic hydroxyl groups is 1. The fourth-order valence-electron chi connectivity index (χ4n) is 3.49. The lowest BCUT2D eigenvalue weighted by Crippen LogP contribution is -2.13. The minimum absolute atomic E-state index is 0.0641. The number of hydrogen-bond acceptors (Lipinski definition) is 5. The molecule has 0 saturated heterocycles. The van der Waals surface area contributed by atoms with Crippen LogP contribution in [0.5, 0.6) is 11.5 Å². The number of ether oxygens (including phenoxy) is 1. The van der Waals surface area contributed by atoms with Crippen LogP contribution in [0.2, 0.25) is 0 Å². The molecule has 4 aromatic rings. The molecular formula is C28H20N2O5. The minimum Gasteiger partial charge on any atom is -0.508 e. The number of benzene rings is 4. The van der Waals surface area contributed by atoms with E-state index in [4.69, 9.17) is 9.84 Å². The molecule has 7 heteroatoms. The van der Waals surface area contributed by atoms with Crippen LogP contribution >= 0.6 is 0 Å². The Kier molecular flexibility index (Phi) is 6.75. The predicted octanol–water partition coefficient (Wildman–Crippen LogP) is 5.37. The monoisotopic (exact) mass is 464 g/mol. The largest absolute Gasteiger partial charge is 0.508 e. The normalized spacial score (nSPS) is 11.0. The van der Waals surface area contributed by atoms with Crippen molar-refractivity contribution in [3.63, 3.8) is 0 Å². The minimum atomic E-state index is -1.01. The van der Waals surface area contributed by atoms with Crippen molar-refractivity contribution >= 4 is 34.4 Å². The second-order valence-corrected chi connectivity index (χ2v) is 7.66. The maximum atomic E-state index is 12.8. The maximum Gasteiger partial charge on any atom is 0.335 e. The number of anilines is 1. The molecule has 0 aromatic heterocycles. The molecule has 4 rings (SSSR count). The molecule has 3 N–H and O–H groups in total. The number of fused-ring (bicyclic) bond motifs is 1. The highest BCUT2D eigenvalue weighted by Gasteiger charge is 2.14. The summed E-state index contributed by atoms with van der Waals surface area (Å²) in [5.41, 5.74) is 1.84. The van der Waals surface area contributed by atoms with Gasteiger partial charge in [0.2, 0.25) is 0 Å². The zero-order chi connectivity index (χ0) is 24.8. The highest BCUT2D eigenvalue weighted by Crippen LogP contribution is 2.31. The number of nitrogens with zero attached hydrogens (tertiary/aromatic N) is 1. The molecule has 1 amide bonds. The van der Waals surface area contributed by atoms with Gasteiger partial charge in [0.05, 0.1) is 5.56 Å². The topological polar surface area (TPSA) is 120 Å². The first-order valence-electron chi connectivity index (χ1n) is 10.6. The van der Waals surface area contributed by atoms with Gasteiger partial charge >= 0.3 is 5.97 Å². The number of aromatic carboxylic acids is 1. The van der Waals surface area contributed by atoms with Crippen LogP contribution in [0.4, 0.5) is 5.69 Å². The highest BCUT2D eigenvalue weighted by molar-refractivity contribution is 6.11. The lowest BCUT2D eigenvalue weighted by molar-refractivity contribution is -0.112. The van der Waals surface area contributed by atoms with Gasteiger partial charge in [0.1, 0.15) is 29.7 Å². The van der Waals surface area contributed by atoms with E-state index >= 15 is 0 Å². The van der Waals surface area contributed by atoms with E-state index in [1.807, 2.05) is 36.4 Å². The number of carboxylic acid groups (broad SMARTS) is 1. The van der Waals surface area contributed by atoms with Crippen LogP contribution < -0.4 is 10.1 Å². The van der Waals surface area contributed by atoms with Crippen molar-refractivity contribution in [1.29, 1.82) is 5.26 Å². The zero-order valence-electron chi connectivity index (χ0n) is 18.4. The Labute approximate surface area is 201 Å². The number of phenolic OH excluding ortho intramolecular Hbond substituents is 1. The number of rotatable bonds is 7. The van der Waals surface area contributed by atoms with Gasteiger partial charge in [-0.2, -0.15) is 5.26 Å². The van der Waals surface area contributed by atoms with Gasteiger partial charge in [-0.25, -0.2) is 4.79 Å². The number of carboxylic acids is 1. The van der Waals surface area contributed by atoms with Gasteiger partial charge in [-0.15, -0.1) is 0 Å². The van der Waals surface area contributed by atoms with Crippen molar-refractivity contribution in [1.82, 2.24) is 0 Å². The molecule has 0 aliphatic carbocycles. The predicted molar refractivity (Wildman–Crippen MR) is 132 cm³/mol. The van der Waals surface area contributed by atoms with E-state index in [1.165, 1.54) is 42.5 Å². The van der Waals surface area contributed by atoms with Gasteiger partial charge < -0.3 is 20.3 Å². The molecule has 0 unspecified atom stereocenters. The van der Waals surface area contributed by atoms with Crippen molar-refractivity contribution in [2.45, 2.75) is 6.61 Å². The number of carbonyl (C=O) groups is 2. The summed E-state index contributed by atoms with van der Waals surface area (Å²) in [5, 5.41) is 32.6. The van der Waals surface area contributed by atoms with Crippen LogP contribution in [-0.4, -0.2) is 22.1 Å². The zero-order valence-corrected chi connectivity index (χ0v) is 18.4. The van der Waals surface area contributed by atoms with Gasteiger partial charge in [0.25, 0.3) is 5.91 Å².